The lowest BCUT2D eigenvalue weighted by Gasteiger charge is -2.10. The third-order valence-corrected chi connectivity index (χ3v) is 5.49. The lowest BCUT2D eigenvalue weighted by molar-refractivity contribution is 1.07. The molecule has 0 amide bonds. The summed E-state index contributed by atoms with van der Waals surface area (Å²) in [4.78, 5) is 14.3. The molecular weight excluding hydrogens is 428 g/mol. The fourth-order valence-electron chi connectivity index (χ4n) is 3.52. The number of aromatic nitrogens is 3. The molecule has 0 unspecified atom stereocenters. The summed E-state index contributed by atoms with van der Waals surface area (Å²) in [6.45, 7) is 0. The molecule has 0 fully saturated rings. The molecule has 4 nitrogen and oxygen atoms in total. The zero-order valence-electron chi connectivity index (χ0n) is 17.5. The van der Waals surface area contributed by atoms with Gasteiger partial charge in [-0.25, -0.2) is 15.0 Å². The highest BCUT2D eigenvalue weighted by Gasteiger charge is 2.13. The van der Waals surface area contributed by atoms with Crippen molar-refractivity contribution in [3.63, 3.8) is 0 Å². The topological polar surface area (TPSA) is 62.5 Å². The van der Waals surface area contributed by atoms with Gasteiger partial charge in [0.05, 0.1) is 11.6 Å². The smallest absolute Gasteiger partial charge is 0.164 e. The summed E-state index contributed by atoms with van der Waals surface area (Å²) in [5.74, 6) is 1.78. The van der Waals surface area contributed by atoms with Crippen molar-refractivity contribution in [1.29, 1.82) is 5.26 Å². The van der Waals surface area contributed by atoms with Gasteiger partial charge in [-0.3, -0.25) is 0 Å². The maximum Gasteiger partial charge on any atom is 0.164 e. The normalized spacial score (nSPS) is 10.5. The Morgan fingerprint density at radius 3 is 1.67 bits per heavy atom. The summed E-state index contributed by atoms with van der Waals surface area (Å²) in [5.41, 5.74) is 5.33. The van der Waals surface area contributed by atoms with Crippen molar-refractivity contribution in [1.82, 2.24) is 15.0 Å². The second kappa shape index (κ2) is 9.04. The maximum atomic E-state index is 9.07. The first-order valence-corrected chi connectivity index (χ1v) is 10.8. The van der Waals surface area contributed by atoms with Crippen molar-refractivity contribution in [2.45, 2.75) is 0 Å². The highest BCUT2D eigenvalue weighted by molar-refractivity contribution is 6.30. The van der Waals surface area contributed by atoms with Crippen molar-refractivity contribution < 1.29 is 0 Å². The molecule has 0 aliphatic rings. The Morgan fingerprint density at radius 1 is 0.515 bits per heavy atom. The number of rotatable bonds is 4. The summed E-state index contributed by atoms with van der Waals surface area (Å²) in [7, 11) is 0. The lowest BCUT2D eigenvalue weighted by atomic mass is 10.0. The molecule has 0 saturated heterocycles. The van der Waals surface area contributed by atoms with Gasteiger partial charge in [-0.05, 0) is 53.6 Å². The largest absolute Gasteiger partial charge is 0.208 e. The molecule has 33 heavy (non-hydrogen) atoms. The minimum atomic E-state index is 0.583. The molecule has 156 valence electrons. The van der Waals surface area contributed by atoms with E-state index in [0.29, 0.717) is 28.1 Å². The summed E-state index contributed by atoms with van der Waals surface area (Å²) in [6, 6.07) is 35.1. The van der Waals surface area contributed by atoms with Crippen LogP contribution in [0.4, 0.5) is 0 Å². The molecule has 0 radical (unpaired) electrons. The standard InChI is InChI=1S/C28H17ClN4/c29-25-15-13-22(14-16-25)27-31-26(21-5-2-1-3-6-21)32-28(33-27)24-8-4-7-23(17-24)20-11-9-19(18-30)10-12-20/h1-17H. The molecule has 0 N–H and O–H groups in total. The van der Waals surface area contributed by atoms with Gasteiger partial charge >= 0.3 is 0 Å². The molecule has 0 saturated carbocycles. The van der Waals surface area contributed by atoms with Crippen molar-refractivity contribution in [2.75, 3.05) is 0 Å². The number of hydrogen-bond acceptors (Lipinski definition) is 4. The van der Waals surface area contributed by atoms with E-state index in [1.165, 1.54) is 0 Å². The molecule has 0 aliphatic carbocycles. The van der Waals surface area contributed by atoms with Crippen LogP contribution in [0.1, 0.15) is 5.56 Å². The Morgan fingerprint density at radius 2 is 1.03 bits per heavy atom. The van der Waals surface area contributed by atoms with Crippen LogP contribution in [0.5, 0.6) is 0 Å². The van der Waals surface area contributed by atoms with Crippen LogP contribution in [0.25, 0.3) is 45.3 Å². The second-order valence-electron chi connectivity index (χ2n) is 7.45. The van der Waals surface area contributed by atoms with Crippen LogP contribution in [-0.2, 0) is 0 Å². The van der Waals surface area contributed by atoms with Crippen LogP contribution in [0.2, 0.25) is 5.02 Å². The van der Waals surface area contributed by atoms with Crippen molar-refractivity contribution >= 4 is 11.6 Å². The van der Waals surface area contributed by atoms with E-state index < -0.39 is 0 Å². The zero-order chi connectivity index (χ0) is 22.6. The van der Waals surface area contributed by atoms with E-state index in [1.54, 1.807) is 0 Å². The molecule has 0 bridgehead atoms. The van der Waals surface area contributed by atoms with Gasteiger partial charge in [0.25, 0.3) is 0 Å². The first kappa shape index (κ1) is 20.6. The predicted octanol–water partition coefficient (Wildman–Crippen LogP) is 7.06. The molecule has 0 aliphatic heterocycles. The minimum Gasteiger partial charge on any atom is -0.208 e. The first-order valence-electron chi connectivity index (χ1n) is 10.4. The number of halogens is 1. The SMILES string of the molecule is N#Cc1ccc(-c2cccc(-c3nc(-c4ccccc4)nc(-c4ccc(Cl)cc4)n3)c2)cc1. The third-order valence-electron chi connectivity index (χ3n) is 5.24. The van der Waals surface area contributed by atoms with E-state index in [9.17, 15) is 0 Å². The van der Waals surface area contributed by atoms with Crippen LogP contribution in [-0.4, -0.2) is 15.0 Å². The van der Waals surface area contributed by atoms with Gasteiger partial charge in [0.15, 0.2) is 17.5 Å². The van der Waals surface area contributed by atoms with Crippen LogP contribution < -0.4 is 0 Å². The van der Waals surface area contributed by atoms with Gasteiger partial charge in [0, 0.05) is 21.7 Å². The highest BCUT2D eigenvalue weighted by Crippen LogP contribution is 2.28. The summed E-state index contributed by atoms with van der Waals surface area (Å²) >= 11 is 6.08. The summed E-state index contributed by atoms with van der Waals surface area (Å²) in [5, 5.41) is 9.73. The van der Waals surface area contributed by atoms with E-state index in [-0.39, 0.29) is 0 Å². The van der Waals surface area contributed by atoms with Crippen LogP contribution >= 0.6 is 11.6 Å². The van der Waals surface area contributed by atoms with Crippen LogP contribution in [0.3, 0.4) is 0 Å². The van der Waals surface area contributed by atoms with Gasteiger partial charge in [-0.1, -0.05) is 72.3 Å². The molecule has 1 aromatic heterocycles. The molecule has 5 heteroatoms. The summed E-state index contributed by atoms with van der Waals surface area (Å²) < 4.78 is 0. The molecular formula is C28H17ClN4. The van der Waals surface area contributed by atoms with Gasteiger partial charge in [-0.2, -0.15) is 5.26 Å². The van der Waals surface area contributed by atoms with Gasteiger partial charge in [0.2, 0.25) is 0 Å². The maximum absolute atomic E-state index is 9.07. The molecule has 5 rings (SSSR count). The average molecular weight is 445 g/mol. The number of benzene rings is 4. The Kier molecular flexibility index (Phi) is 5.63. The van der Waals surface area contributed by atoms with E-state index in [0.717, 1.165) is 27.8 Å². The number of nitriles is 1. The van der Waals surface area contributed by atoms with Crippen LogP contribution in [0.15, 0.2) is 103 Å². The first-order chi connectivity index (χ1) is 16.2. The van der Waals surface area contributed by atoms with E-state index in [1.807, 2.05) is 97.1 Å². The molecule has 0 atom stereocenters. The Bertz CT molecular complexity index is 1460. The van der Waals surface area contributed by atoms with Gasteiger partial charge in [0.1, 0.15) is 0 Å². The number of hydrogen-bond donors (Lipinski definition) is 0. The van der Waals surface area contributed by atoms with Crippen molar-refractivity contribution in [3.8, 4) is 51.4 Å². The predicted molar refractivity (Wildman–Crippen MR) is 131 cm³/mol. The third kappa shape index (κ3) is 4.50. The Balaban J connectivity index is 1.63. The van der Waals surface area contributed by atoms with E-state index in [2.05, 4.69) is 12.1 Å². The second-order valence-corrected chi connectivity index (χ2v) is 7.89. The van der Waals surface area contributed by atoms with Crippen molar-refractivity contribution in [3.05, 3.63) is 114 Å². The molecule has 0 spiro atoms. The Labute approximate surface area is 196 Å². The lowest BCUT2D eigenvalue weighted by Crippen LogP contribution is -2.00. The van der Waals surface area contributed by atoms with E-state index in [4.69, 9.17) is 31.8 Å². The van der Waals surface area contributed by atoms with E-state index >= 15 is 0 Å². The van der Waals surface area contributed by atoms with Crippen LogP contribution in [0, 0.1) is 11.3 Å². The molecule has 4 aromatic carbocycles. The minimum absolute atomic E-state index is 0.583. The quantitative estimate of drug-likeness (QED) is 0.297. The summed E-state index contributed by atoms with van der Waals surface area (Å²) in [6.07, 6.45) is 0. The van der Waals surface area contributed by atoms with Gasteiger partial charge < -0.3 is 0 Å². The monoisotopic (exact) mass is 444 g/mol. The fourth-order valence-corrected chi connectivity index (χ4v) is 3.65. The fraction of sp³-hybridized carbons (Fsp3) is 0. The van der Waals surface area contributed by atoms with Gasteiger partial charge in [-0.15, -0.1) is 0 Å². The zero-order valence-corrected chi connectivity index (χ0v) is 18.2. The number of nitrogens with zero attached hydrogens (tertiary/aromatic N) is 4. The van der Waals surface area contributed by atoms with Crippen molar-refractivity contribution in [2.24, 2.45) is 0 Å². The molecule has 1 heterocycles. The molecule has 5 aromatic rings. The Hall–Kier alpha value is -4.33. The average Bonchev–Trinajstić information content (AvgIpc) is 2.89. The highest BCUT2D eigenvalue weighted by atomic mass is 35.5.